The fourth-order valence-corrected chi connectivity index (χ4v) is 2.41. The molecule has 5 nitrogen and oxygen atoms in total. The van der Waals surface area contributed by atoms with Crippen molar-refractivity contribution in [1.82, 2.24) is 15.0 Å². The number of rotatable bonds is 1. The van der Waals surface area contributed by atoms with E-state index in [1.165, 1.54) is 0 Å². The predicted molar refractivity (Wildman–Crippen MR) is 89.2 cm³/mol. The Kier molecular flexibility index (Phi) is 4.75. The van der Waals surface area contributed by atoms with Crippen LogP contribution in [-0.4, -0.2) is 15.0 Å². The first-order chi connectivity index (χ1) is 10.7. The summed E-state index contributed by atoms with van der Waals surface area (Å²) < 4.78 is -3.82. The summed E-state index contributed by atoms with van der Waals surface area (Å²) in [6.07, 6.45) is 0. The minimum atomic E-state index is -1.91. The van der Waals surface area contributed by atoms with Crippen molar-refractivity contribution in [3.63, 3.8) is 0 Å². The first-order valence-corrected chi connectivity index (χ1v) is 8.25. The molecule has 11 heteroatoms. The summed E-state index contributed by atoms with van der Waals surface area (Å²) in [5.41, 5.74) is 1.32. The molecular weight excluding hydrogens is 431 g/mol. The third-order valence-electron chi connectivity index (χ3n) is 2.87. The number of alkyl halides is 6. The van der Waals surface area contributed by atoms with Crippen LogP contribution in [0.2, 0.25) is 0 Å². The molecule has 1 aliphatic heterocycles. The van der Waals surface area contributed by atoms with E-state index in [1.807, 2.05) is 0 Å². The summed E-state index contributed by atoms with van der Waals surface area (Å²) in [6, 6.07) is 5.21. The zero-order chi connectivity index (χ0) is 16.8. The molecule has 1 aromatic heterocycles. The van der Waals surface area contributed by atoms with Crippen molar-refractivity contribution in [2.75, 3.05) is 0 Å². The van der Waals surface area contributed by atoms with Crippen molar-refractivity contribution in [1.29, 1.82) is 0 Å². The van der Waals surface area contributed by atoms with Crippen LogP contribution in [0.4, 0.5) is 0 Å². The van der Waals surface area contributed by atoms with Gasteiger partial charge in [-0.2, -0.15) is 4.89 Å². The lowest BCUT2D eigenvalue weighted by atomic mass is 10.1. The molecule has 0 bridgehead atoms. The lowest BCUT2D eigenvalue weighted by Crippen LogP contribution is -2.17. The maximum absolute atomic E-state index is 5.86. The van der Waals surface area contributed by atoms with Crippen molar-refractivity contribution in [2.24, 2.45) is 0 Å². The SMILES string of the molecule is ClC(Cl)(Cl)c1nc(-c2cccc3c2COO3)nc(C(Cl)(Cl)Cl)n1. The van der Waals surface area contributed by atoms with Crippen LogP contribution in [0.25, 0.3) is 11.4 Å². The van der Waals surface area contributed by atoms with Gasteiger partial charge >= 0.3 is 0 Å². The van der Waals surface area contributed by atoms with Gasteiger partial charge in [0.25, 0.3) is 0 Å². The van der Waals surface area contributed by atoms with Gasteiger partial charge < -0.3 is 4.89 Å². The van der Waals surface area contributed by atoms with Gasteiger partial charge in [0.15, 0.2) is 23.2 Å². The molecule has 2 heterocycles. The highest BCUT2D eigenvalue weighted by Crippen LogP contribution is 2.42. The van der Waals surface area contributed by atoms with Gasteiger partial charge in [-0.25, -0.2) is 15.0 Å². The van der Waals surface area contributed by atoms with E-state index in [-0.39, 0.29) is 24.1 Å². The molecule has 0 atom stereocenters. The molecule has 0 saturated heterocycles. The number of benzene rings is 1. The highest BCUT2D eigenvalue weighted by atomic mass is 35.6. The zero-order valence-electron chi connectivity index (χ0n) is 10.9. The first kappa shape index (κ1) is 17.5. The molecule has 0 aliphatic carbocycles. The lowest BCUT2D eigenvalue weighted by molar-refractivity contribution is -0.194. The van der Waals surface area contributed by atoms with E-state index in [1.54, 1.807) is 18.2 Å². The van der Waals surface area contributed by atoms with Crippen molar-refractivity contribution in [3.05, 3.63) is 35.4 Å². The largest absolute Gasteiger partial charge is 0.337 e. The highest BCUT2D eigenvalue weighted by Gasteiger charge is 2.34. The zero-order valence-corrected chi connectivity index (χ0v) is 15.4. The van der Waals surface area contributed by atoms with Gasteiger partial charge in [-0.3, -0.25) is 0 Å². The second-order valence-corrected chi connectivity index (χ2v) is 8.99. The van der Waals surface area contributed by atoms with Gasteiger partial charge in [0.05, 0.1) is 0 Å². The fraction of sp³-hybridized carbons (Fsp3) is 0.250. The van der Waals surface area contributed by atoms with Crippen LogP contribution in [0.3, 0.4) is 0 Å². The molecule has 0 N–H and O–H groups in total. The van der Waals surface area contributed by atoms with Crippen LogP contribution < -0.4 is 4.89 Å². The van der Waals surface area contributed by atoms with E-state index in [0.717, 1.165) is 5.56 Å². The summed E-state index contributed by atoms with van der Waals surface area (Å²) in [5.74, 6) is 0.389. The van der Waals surface area contributed by atoms with E-state index < -0.39 is 7.59 Å². The molecule has 0 saturated carbocycles. The number of aromatic nitrogens is 3. The molecule has 1 aromatic carbocycles. The molecular formula is C12H5Cl6N3O2. The van der Waals surface area contributed by atoms with E-state index in [2.05, 4.69) is 15.0 Å². The fourth-order valence-electron chi connectivity index (χ4n) is 1.90. The molecule has 0 fully saturated rings. The second kappa shape index (κ2) is 6.23. The topological polar surface area (TPSA) is 57.1 Å². The number of hydrogen-bond donors (Lipinski definition) is 0. The van der Waals surface area contributed by atoms with Crippen LogP contribution in [0.5, 0.6) is 5.75 Å². The van der Waals surface area contributed by atoms with E-state index in [0.29, 0.717) is 11.3 Å². The summed E-state index contributed by atoms with van der Waals surface area (Å²) in [7, 11) is 0. The van der Waals surface area contributed by atoms with E-state index in [9.17, 15) is 0 Å². The molecule has 2 aromatic rings. The van der Waals surface area contributed by atoms with Crippen molar-refractivity contribution < 1.29 is 9.78 Å². The van der Waals surface area contributed by atoms with Gasteiger partial charge in [0.2, 0.25) is 7.59 Å². The van der Waals surface area contributed by atoms with Crippen molar-refractivity contribution in [3.8, 4) is 17.1 Å². The highest BCUT2D eigenvalue weighted by molar-refractivity contribution is 6.67. The Balaban J connectivity index is 2.22. The Morgan fingerprint density at radius 1 is 0.870 bits per heavy atom. The standard InChI is InChI=1S/C12H5Cl6N3O2/c13-11(14,15)9-19-8(20-10(21-9)12(16,17)18)5-2-1-3-7-6(5)4-22-23-7/h1-3H,4H2. The van der Waals surface area contributed by atoms with Crippen molar-refractivity contribution in [2.45, 2.75) is 14.2 Å². The summed E-state index contributed by atoms with van der Waals surface area (Å²) in [4.78, 5) is 22.2. The molecule has 0 spiro atoms. The van der Waals surface area contributed by atoms with Crippen LogP contribution in [-0.2, 0) is 19.1 Å². The van der Waals surface area contributed by atoms with Crippen molar-refractivity contribution >= 4 is 69.6 Å². The molecule has 0 radical (unpaired) electrons. The molecule has 122 valence electrons. The second-order valence-electron chi connectivity index (χ2n) is 4.43. The number of fused-ring (bicyclic) bond motifs is 1. The number of halogens is 6. The Bertz CT molecular complexity index is 727. The summed E-state index contributed by atoms with van der Waals surface area (Å²) in [6.45, 7) is 0.212. The molecule has 0 amide bonds. The Morgan fingerprint density at radius 2 is 1.48 bits per heavy atom. The molecule has 0 unspecified atom stereocenters. The van der Waals surface area contributed by atoms with E-state index in [4.69, 9.17) is 79.4 Å². The van der Waals surface area contributed by atoms with Crippen LogP contribution in [0.15, 0.2) is 18.2 Å². The van der Waals surface area contributed by atoms with Gasteiger partial charge in [-0.15, -0.1) is 0 Å². The Labute approximate surface area is 160 Å². The summed E-state index contributed by atoms with van der Waals surface area (Å²) >= 11 is 35.1. The van der Waals surface area contributed by atoms with Gasteiger partial charge in [-0.05, 0) is 6.07 Å². The third kappa shape index (κ3) is 3.71. The maximum Gasteiger partial charge on any atom is 0.250 e. The molecule has 3 rings (SSSR count). The smallest absolute Gasteiger partial charge is 0.250 e. The van der Waals surface area contributed by atoms with Gasteiger partial charge in [0.1, 0.15) is 6.61 Å². The predicted octanol–water partition coefficient (Wildman–Crippen LogP) is 5.02. The van der Waals surface area contributed by atoms with E-state index >= 15 is 0 Å². The van der Waals surface area contributed by atoms with Gasteiger partial charge in [0, 0.05) is 11.1 Å². The number of hydrogen-bond acceptors (Lipinski definition) is 5. The van der Waals surface area contributed by atoms with Gasteiger partial charge in [-0.1, -0.05) is 81.7 Å². The lowest BCUT2D eigenvalue weighted by Gasteiger charge is -2.16. The maximum atomic E-state index is 5.86. The minimum absolute atomic E-state index is 0.161. The monoisotopic (exact) mass is 433 g/mol. The normalized spacial score (nSPS) is 14.5. The average Bonchev–Trinajstić information content (AvgIpc) is 2.93. The first-order valence-electron chi connectivity index (χ1n) is 5.98. The number of nitrogens with zero attached hydrogens (tertiary/aromatic N) is 3. The van der Waals surface area contributed by atoms with Crippen LogP contribution in [0.1, 0.15) is 17.2 Å². The quantitative estimate of drug-likeness (QED) is 0.465. The average molecular weight is 436 g/mol. The molecule has 1 aliphatic rings. The third-order valence-corrected chi connectivity index (χ3v) is 3.88. The van der Waals surface area contributed by atoms with Crippen LogP contribution in [0, 0.1) is 0 Å². The summed E-state index contributed by atoms with van der Waals surface area (Å²) in [5, 5.41) is 0. The molecule has 23 heavy (non-hydrogen) atoms. The minimum Gasteiger partial charge on any atom is -0.337 e. The van der Waals surface area contributed by atoms with Crippen LogP contribution >= 0.6 is 69.6 Å². The Morgan fingerprint density at radius 3 is 2.04 bits per heavy atom. The Hall–Kier alpha value is -0.270.